The first-order valence-electron chi connectivity index (χ1n) is 5.72. The summed E-state index contributed by atoms with van der Waals surface area (Å²) in [5.41, 5.74) is 1.85. The van der Waals surface area contributed by atoms with Gasteiger partial charge in [-0.15, -0.1) is 11.3 Å². The highest BCUT2D eigenvalue weighted by Crippen LogP contribution is 2.24. The number of rotatable bonds is 3. The maximum atomic E-state index is 12.4. The smallest absolute Gasteiger partial charge is 0.255 e. The molecule has 1 aromatic heterocycles. The molecule has 5 heteroatoms. The third kappa shape index (κ3) is 3.38. The molecular formula is C14H13BrClNOS. The summed E-state index contributed by atoms with van der Waals surface area (Å²) in [6.45, 7) is 2.68. The molecule has 100 valence electrons. The van der Waals surface area contributed by atoms with E-state index in [0.717, 1.165) is 4.47 Å². The monoisotopic (exact) mass is 357 g/mol. The van der Waals surface area contributed by atoms with Crippen molar-refractivity contribution in [2.75, 3.05) is 7.05 Å². The third-order valence-corrected chi connectivity index (χ3v) is 4.76. The second kappa shape index (κ2) is 6.07. The number of nitrogens with zero attached hydrogens (tertiary/aromatic N) is 1. The van der Waals surface area contributed by atoms with Gasteiger partial charge in [-0.05, 0) is 58.1 Å². The molecule has 0 aliphatic rings. The topological polar surface area (TPSA) is 20.3 Å². The van der Waals surface area contributed by atoms with E-state index in [4.69, 9.17) is 11.6 Å². The van der Waals surface area contributed by atoms with Gasteiger partial charge in [0.1, 0.15) is 0 Å². The fourth-order valence-electron chi connectivity index (χ4n) is 1.72. The minimum Gasteiger partial charge on any atom is -0.337 e. The lowest BCUT2D eigenvalue weighted by Gasteiger charge is -2.17. The molecule has 0 spiro atoms. The summed E-state index contributed by atoms with van der Waals surface area (Å²) >= 11 is 10.9. The van der Waals surface area contributed by atoms with Gasteiger partial charge in [0, 0.05) is 21.4 Å². The van der Waals surface area contributed by atoms with Gasteiger partial charge in [0.2, 0.25) is 0 Å². The number of carbonyl (C=O) groups is 1. The molecule has 2 nitrogen and oxygen atoms in total. The van der Waals surface area contributed by atoms with E-state index in [1.54, 1.807) is 34.4 Å². The van der Waals surface area contributed by atoms with E-state index in [-0.39, 0.29) is 5.91 Å². The first-order valence-corrected chi connectivity index (χ1v) is 7.77. The molecule has 0 fully saturated rings. The van der Waals surface area contributed by atoms with Crippen LogP contribution in [0.3, 0.4) is 0 Å². The lowest BCUT2D eigenvalue weighted by Crippen LogP contribution is -2.26. The number of thiophene rings is 1. The van der Waals surface area contributed by atoms with Crippen LogP contribution in [0.25, 0.3) is 0 Å². The Balaban J connectivity index is 2.17. The minimum absolute atomic E-state index is 0.0173. The Morgan fingerprint density at radius 2 is 2.16 bits per heavy atom. The van der Waals surface area contributed by atoms with Crippen LogP contribution in [0.15, 0.2) is 34.1 Å². The Morgan fingerprint density at radius 3 is 2.74 bits per heavy atom. The summed E-state index contributed by atoms with van der Waals surface area (Å²) in [4.78, 5) is 15.3. The normalized spacial score (nSPS) is 10.5. The van der Waals surface area contributed by atoms with Crippen LogP contribution in [-0.2, 0) is 6.54 Å². The summed E-state index contributed by atoms with van der Waals surface area (Å²) in [6.07, 6.45) is 0. The summed E-state index contributed by atoms with van der Waals surface area (Å²) in [5, 5.41) is 2.65. The average Bonchev–Trinajstić information content (AvgIpc) is 2.74. The van der Waals surface area contributed by atoms with E-state index in [1.807, 2.05) is 12.4 Å². The van der Waals surface area contributed by atoms with Crippen molar-refractivity contribution in [2.24, 2.45) is 0 Å². The van der Waals surface area contributed by atoms with Gasteiger partial charge in [-0.25, -0.2) is 0 Å². The summed E-state index contributed by atoms with van der Waals surface area (Å²) in [6, 6.07) is 7.27. The highest BCUT2D eigenvalue weighted by molar-refractivity contribution is 9.10. The predicted molar refractivity (Wildman–Crippen MR) is 84.0 cm³/mol. The Morgan fingerprint density at radius 1 is 1.42 bits per heavy atom. The maximum absolute atomic E-state index is 12.4. The number of halogens is 2. The van der Waals surface area contributed by atoms with Crippen molar-refractivity contribution < 1.29 is 4.79 Å². The van der Waals surface area contributed by atoms with Crippen LogP contribution < -0.4 is 0 Å². The first kappa shape index (κ1) is 14.6. The highest BCUT2D eigenvalue weighted by atomic mass is 79.9. The molecule has 0 radical (unpaired) electrons. The second-order valence-electron chi connectivity index (χ2n) is 4.31. The van der Waals surface area contributed by atoms with Crippen molar-refractivity contribution in [3.05, 3.63) is 55.1 Å². The molecule has 0 aliphatic heterocycles. The van der Waals surface area contributed by atoms with Gasteiger partial charge in [-0.3, -0.25) is 4.79 Å². The molecule has 0 atom stereocenters. The molecule has 0 bridgehead atoms. The predicted octanol–water partition coefficient (Wildman–Crippen LogP) is 4.74. The van der Waals surface area contributed by atoms with Crippen molar-refractivity contribution in [1.29, 1.82) is 0 Å². The largest absolute Gasteiger partial charge is 0.337 e. The van der Waals surface area contributed by atoms with E-state index in [2.05, 4.69) is 28.9 Å². The molecule has 2 rings (SSSR count). The van der Waals surface area contributed by atoms with Crippen molar-refractivity contribution in [2.45, 2.75) is 13.5 Å². The van der Waals surface area contributed by atoms with Crippen LogP contribution in [-0.4, -0.2) is 17.9 Å². The van der Waals surface area contributed by atoms with Crippen molar-refractivity contribution in [1.82, 2.24) is 4.90 Å². The van der Waals surface area contributed by atoms with Gasteiger partial charge in [-0.2, -0.15) is 0 Å². The van der Waals surface area contributed by atoms with Gasteiger partial charge >= 0.3 is 0 Å². The van der Waals surface area contributed by atoms with Gasteiger partial charge < -0.3 is 4.90 Å². The Labute approximate surface area is 130 Å². The fourth-order valence-corrected chi connectivity index (χ4v) is 3.53. The van der Waals surface area contributed by atoms with E-state index in [9.17, 15) is 4.79 Å². The molecule has 0 unspecified atom stereocenters. The van der Waals surface area contributed by atoms with Gasteiger partial charge in [0.15, 0.2) is 0 Å². The molecule has 1 heterocycles. The Hall–Kier alpha value is -0.840. The number of aryl methyl sites for hydroxylation is 1. The molecule has 1 aromatic carbocycles. The third-order valence-electron chi connectivity index (χ3n) is 2.86. The SMILES string of the molecule is Cc1ccsc1CN(C)C(=O)c1ccc(Cl)cc1Br. The number of hydrogen-bond donors (Lipinski definition) is 0. The number of carbonyl (C=O) groups excluding carboxylic acids is 1. The lowest BCUT2D eigenvalue weighted by atomic mass is 10.2. The van der Waals surface area contributed by atoms with Crippen LogP contribution in [0.1, 0.15) is 20.8 Å². The molecule has 0 saturated heterocycles. The molecule has 0 saturated carbocycles. The second-order valence-corrected chi connectivity index (χ2v) is 6.60. The summed E-state index contributed by atoms with van der Waals surface area (Å²) < 4.78 is 0.722. The average molecular weight is 359 g/mol. The number of amides is 1. The van der Waals surface area contributed by atoms with Gasteiger partial charge in [0.25, 0.3) is 5.91 Å². The molecule has 0 N–H and O–H groups in total. The van der Waals surface area contributed by atoms with E-state index < -0.39 is 0 Å². The highest BCUT2D eigenvalue weighted by Gasteiger charge is 2.16. The van der Waals surface area contributed by atoms with E-state index >= 15 is 0 Å². The van der Waals surface area contributed by atoms with Gasteiger partial charge in [-0.1, -0.05) is 11.6 Å². The lowest BCUT2D eigenvalue weighted by molar-refractivity contribution is 0.0785. The molecule has 0 aliphatic carbocycles. The fraction of sp³-hybridized carbons (Fsp3) is 0.214. The van der Waals surface area contributed by atoms with Crippen molar-refractivity contribution >= 4 is 44.8 Å². The Kier molecular flexibility index (Phi) is 4.66. The summed E-state index contributed by atoms with van der Waals surface area (Å²) in [5.74, 6) is -0.0173. The van der Waals surface area contributed by atoms with Crippen LogP contribution in [0.4, 0.5) is 0 Å². The van der Waals surface area contributed by atoms with Crippen molar-refractivity contribution in [3.8, 4) is 0 Å². The molecular weight excluding hydrogens is 346 g/mol. The van der Waals surface area contributed by atoms with Crippen LogP contribution >= 0.6 is 38.9 Å². The molecule has 19 heavy (non-hydrogen) atoms. The molecule has 1 amide bonds. The van der Waals surface area contributed by atoms with Crippen LogP contribution in [0.5, 0.6) is 0 Å². The quantitative estimate of drug-likeness (QED) is 0.775. The van der Waals surface area contributed by atoms with E-state index in [1.165, 1.54) is 10.4 Å². The molecule has 2 aromatic rings. The first-order chi connectivity index (χ1) is 8.99. The van der Waals surface area contributed by atoms with E-state index in [0.29, 0.717) is 17.1 Å². The van der Waals surface area contributed by atoms with Gasteiger partial charge in [0.05, 0.1) is 12.1 Å². The standard InChI is InChI=1S/C14H13BrClNOS/c1-9-5-6-19-13(9)8-17(2)14(18)11-4-3-10(16)7-12(11)15/h3-7H,8H2,1-2H3. The Bertz CT molecular complexity index is 611. The zero-order valence-electron chi connectivity index (χ0n) is 10.6. The van der Waals surface area contributed by atoms with Crippen molar-refractivity contribution in [3.63, 3.8) is 0 Å². The van der Waals surface area contributed by atoms with Crippen LogP contribution in [0.2, 0.25) is 5.02 Å². The maximum Gasteiger partial charge on any atom is 0.255 e. The van der Waals surface area contributed by atoms with Crippen LogP contribution in [0, 0.1) is 6.92 Å². The minimum atomic E-state index is -0.0173. The summed E-state index contributed by atoms with van der Waals surface area (Å²) in [7, 11) is 1.81. The zero-order valence-corrected chi connectivity index (χ0v) is 13.8. The number of hydrogen-bond acceptors (Lipinski definition) is 2. The zero-order chi connectivity index (χ0) is 14.0. The number of benzene rings is 1.